The van der Waals surface area contributed by atoms with E-state index in [4.69, 9.17) is 16.0 Å². The number of hydrogen-bond donors (Lipinski definition) is 1. The summed E-state index contributed by atoms with van der Waals surface area (Å²) in [5.41, 5.74) is 3.94. The predicted octanol–water partition coefficient (Wildman–Crippen LogP) is 5.90. The minimum absolute atomic E-state index is 0.266. The van der Waals surface area contributed by atoms with Gasteiger partial charge in [-0.2, -0.15) is 0 Å². The first-order valence-corrected chi connectivity index (χ1v) is 9.05. The zero-order chi connectivity index (χ0) is 18.6. The summed E-state index contributed by atoms with van der Waals surface area (Å²) in [7, 11) is 0. The third-order valence-corrected chi connectivity index (χ3v) is 4.62. The Bertz CT molecular complexity index is 1030. The molecule has 1 atom stereocenters. The summed E-state index contributed by atoms with van der Waals surface area (Å²) in [6, 6.07) is 25.4. The Morgan fingerprint density at radius 2 is 1.56 bits per heavy atom. The summed E-state index contributed by atoms with van der Waals surface area (Å²) in [6.45, 7) is 2.06. The number of aryl methyl sites for hydroxylation is 1. The first-order valence-electron chi connectivity index (χ1n) is 8.67. The molecule has 4 aromatic rings. The lowest BCUT2D eigenvalue weighted by Gasteiger charge is -2.17. The first kappa shape index (κ1) is 17.3. The van der Waals surface area contributed by atoms with Crippen LogP contribution in [0.1, 0.15) is 23.1 Å². The van der Waals surface area contributed by atoms with Crippen molar-refractivity contribution in [2.45, 2.75) is 13.0 Å². The molecule has 4 nitrogen and oxygen atoms in total. The fourth-order valence-electron chi connectivity index (χ4n) is 2.84. The highest BCUT2D eigenvalue weighted by Gasteiger charge is 2.22. The summed E-state index contributed by atoms with van der Waals surface area (Å²) in [6.07, 6.45) is 0. The van der Waals surface area contributed by atoms with Gasteiger partial charge in [-0.3, -0.25) is 0 Å². The fraction of sp³-hybridized carbons (Fsp3) is 0.0909. The van der Waals surface area contributed by atoms with Crippen molar-refractivity contribution in [3.63, 3.8) is 0 Å². The molecule has 1 aromatic heterocycles. The molecule has 0 saturated heterocycles. The first-order chi connectivity index (χ1) is 13.2. The Morgan fingerprint density at radius 1 is 0.852 bits per heavy atom. The van der Waals surface area contributed by atoms with E-state index in [0.29, 0.717) is 16.8 Å². The van der Waals surface area contributed by atoms with Crippen molar-refractivity contribution in [3.05, 3.63) is 101 Å². The summed E-state index contributed by atoms with van der Waals surface area (Å²) in [5, 5.41) is 12.6. The number of halogens is 1. The van der Waals surface area contributed by atoms with E-state index in [-0.39, 0.29) is 6.04 Å². The lowest BCUT2D eigenvalue weighted by Crippen LogP contribution is -2.12. The molecule has 5 heteroatoms. The number of anilines is 1. The van der Waals surface area contributed by atoms with Crippen molar-refractivity contribution < 1.29 is 4.42 Å². The van der Waals surface area contributed by atoms with Gasteiger partial charge in [0.25, 0.3) is 0 Å². The van der Waals surface area contributed by atoms with Gasteiger partial charge in [0.2, 0.25) is 11.8 Å². The monoisotopic (exact) mass is 375 g/mol. The van der Waals surface area contributed by atoms with Crippen LogP contribution < -0.4 is 5.32 Å². The summed E-state index contributed by atoms with van der Waals surface area (Å²) < 4.78 is 5.99. The molecule has 0 amide bonds. The van der Waals surface area contributed by atoms with Gasteiger partial charge in [0.05, 0.1) is 10.6 Å². The van der Waals surface area contributed by atoms with Gasteiger partial charge < -0.3 is 9.73 Å². The lowest BCUT2D eigenvalue weighted by molar-refractivity contribution is 0.494. The summed E-state index contributed by atoms with van der Waals surface area (Å²) >= 11 is 6.27. The van der Waals surface area contributed by atoms with Gasteiger partial charge in [-0.15, -0.1) is 10.2 Å². The van der Waals surface area contributed by atoms with E-state index >= 15 is 0 Å². The standard InChI is InChI=1S/C22H18ClN3O/c1-15-11-13-17(14-12-15)24-20(16-7-3-2-4-8-16)22-26-25-21(27-22)18-9-5-6-10-19(18)23/h2-14,20,24H,1H3/t20-/m1/s1. The zero-order valence-electron chi connectivity index (χ0n) is 14.8. The van der Waals surface area contributed by atoms with Crippen molar-refractivity contribution in [2.24, 2.45) is 0 Å². The Kier molecular flexibility index (Phi) is 4.90. The Morgan fingerprint density at radius 3 is 2.30 bits per heavy atom. The van der Waals surface area contributed by atoms with Crippen LogP contribution in [0.3, 0.4) is 0 Å². The average molecular weight is 376 g/mol. The van der Waals surface area contributed by atoms with Crippen LogP contribution in [-0.4, -0.2) is 10.2 Å². The van der Waals surface area contributed by atoms with E-state index in [0.717, 1.165) is 16.8 Å². The number of aromatic nitrogens is 2. The minimum atomic E-state index is -0.266. The molecule has 3 aromatic carbocycles. The Balaban J connectivity index is 1.71. The molecule has 0 unspecified atom stereocenters. The molecule has 0 aliphatic carbocycles. The van der Waals surface area contributed by atoms with Gasteiger partial charge in [-0.05, 0) is 36.8 Å². The number of nitrogens with zero attached hydrogens (tertiary/aromatic N) is 2. The average Bonchev–Trinajstić information content (AvgIpc) is 3.18. The topological polar surface area (TPSA) is 51.0 Å². The maximum atomic E-state index is 6.27. The van der Waals surface area contributed by atoms with Gasteiger partial charge >= 0.3 is 0 Å². The molecule has 0 fully saturated rings. The van der Waals surface area contributed by atoms with E-state index < -0.39 is 0 Å². The highest BCUT2D eigenvalue weighted by molar-refractivity contribution is 6.33. The van der Waals surface area contributed by atoms with Crippen LogP contribution in [0.15, 0.2) is 83.3 Å². The highest BCUT2D eigenvalue weighted by atomic mass is 35.5. The predicted molar refractivity (Wildman–Crippen MR) is 108 cm³/mol. The minimum Gasteiger partial charge on any atom is -0.418 e. The smallest absolute Gasteiger partial charge is 0.249 e. The van der Waals surface area contributed by atoms with E-state index in [1.807, 2.05) is 60.7 Å². The SMILES string of the molecule is Cc1ccc(N[C@H](c2ccccc2)c2nnc(-c3ccccc3Cl)o2)cc1. The van der Waals surface area contributed by atoms with E-state index in [9.17, 15) is 0 Å². The normalized spacial score (nSPS) is 11.9. The van der Waals surface area contributed by atoms with Crippen LogP contribution in [0.2, 0.25) is 5.02 Å². The lowest BCUT2D eigenvalue weighted by atomic mass is 10.1. The second-order valence-electron chi connectivity index (χ2n) is 6.28. The highest BCUT2D eigenvalue weighted by Crippen LogP contribution is 2.31. The molecular weight excluding hydrogens is 358 g/mol. The van der Waals surface area contributed by atoms with Crippen molar-refractivity contribution in [1.29, 1.82) is 0 Å². The van der Waals surface area contributed by atoms with Crippen LogP contribution in [0.5, 0.6) is 0 Å². The van der Waals surface area contributed by atoms with Gasteiger partial charge in [-0.25, -0.2) is 0 Å². The largest absolute Gasteiger partial charge is 0.418 e. The van der Waals surface area contributed by atoms with E-state index in [1.54, 1.807) is 6.07 Å². The molecule has 0 radical (unpaired) electrons. The van der Waals surface area contributed by atoms with E-state index in [1.165, 1.54) is 5.56 Å². The quantitative estimate of drug-likeness (QED) is 0.471. The van der Waals surface area contributed by atoms with Crippen molar-refractivity contribution in [2.75, 3.05) is 5.32 Å². The molecule has 1 heterocycles. The van der Waals surface area contributed by atoms with Crippen LogP contribution in [0.4, 0.5) is 5.69 Å². The third-order valence-electron chi connectivity index (χ3n) is 4.29. The molecule has 27 heavy (non-hydrogen) atoms. The van der Waals surface area contributed by atoms with Crippen molar-refractivity contribution in [3.8, 4) is 11.5 Å². The maximum absolute atomic E-state index is 6.27. The Labute approximate surface area is 162 Å². The maximum Gasteiger partial charge on any atom is 0.249 e. The molecule has 0 aliphatic rings. The molecular formula is C22H18ClN3O. The second kappa shape index (κ2) is 7.64. The Hall–Kier alpha value is -3.11. The van der Waals surface area contributed by atoms with Gasteiger partial charge in [0.1, 0.15) is 6.04 Å². The number of benzene rings is 3. The van der Waals surface area contributed by atoms with E-state index in [2.05, 4.69) is 34.6 Å². The fourth-order valence-corrected chi connectivity index (χ4v) is 3.06. The zero-order valence-corrected chi connectivity index (χ0v) is 15.5. The van der Waals surface area contributed by atoms with Crippen LogP contribution in [0.25, 0.3) is 11.5 Å². The molecule has 134 valence electrons. The van der Waals surface area contributed by atoms with Crippen LogP contribution >= 0.6 is 11.6 Å². The molecule has 0 spiro atoms. The molecule has 0 saturated carbocycles. The second-order valence-corrected chi connectivity index (χ2v) is 6.69. The van der Waals surface area contributed by atoms with Gasteiger partial charge in [0, 0.05) is 5.69 Å². The van der Waals surface area contributed by atoms with Gasteiger partial charge in [0.15, 0.2) is 0 Å². The van der Waals surface area contributed by atoms with Crippen molar-refractivity contribution in [1.82, 2.24) is 10.2 Å². The molecule has 4 rings (SSSR count). The molecule has 1 N–H and O–H groups in total. The summed E-state index contributed by atoms with van der Waals surface area (Å²) in [5.74, 6) is 0.888. The molecule has 0 bridgehead atoms. The number of rotatable bonds is 5. The van der Waals surface area contributed by atoms with Crippen LogP contribution in [0, 0.1) is 6.92 Å². The third kappa shape index (κ3) is 3.86. The van der Waals surface area contributed by atoms with Gasteiger partial charge in [-0.1, -0.05) is 71.8 Å². The summed E-state index contributed by atoms with van der Waals surface area (Å²) in [4.78, 5) is 0. The number of hydrogen-bond acceptors (Lipinski definition) is 4. The van der Waals surface area contributed by atoms with Crippen LogP contribution in [-0.2, 0) is 0 Å². The molecule has 0 aliphatic heterocycles. The number of nitrogens with one attached hydrogen (secondary N) is 1. The van der Waals surface area contributed by atoms with Crippen molar-refractivity contribution >= 4 is 17.3 Å².